The molecule has 0 saturated heterocycles. The minimum absolute atomic E-state index is 0.848. The Hall–Kier alpha value is -1.02. The number of hydrogen-bond donors (Lipinski definition) is 1. The summed E-state index contributed by atoms with van der Waals surface area (Å²) < 4.78 is 5.73. The zero-order valence-corrected chi connectivity index (χ0v) is 12.9. The van der Waals surface area contributed by atoms with Crippen LogP contribution in [-0.2, 0) is 0 Å². The highest BCUT2D eigenvalue weighted by atomic mass is 16.5. The average molecular weight is 264 g/mol. The lowest BCUT2D eigenvalue weighted by Gasteiger charge is -2.14. The Bertz CT molecular complexity index is 317. The van der Waals surface area contributed by atoms with Crippen LogP contribution in [0.3, 0.4) is 0 Å². The molecule has 0 aliphatic rings. The number of aryl methyl sites for hydroxylation is 1. The highest BCUT2D eigenvalue weighted by Gasteiger charge is 2.01. The third-order valence-electron chi connectivity index (χ3n) is 3.71. The largest absolute Gasteiger partial charge is 0.494 e. The maximum atomic E-state index is 5.73. The van der Waals surface area contributed by atoms with Gasteiger partial charge in [0.15, 0.2) is 0 Å². The lowest BCUT2D eigenvalue weighted by molar-refractivity contribution is -0.896. The molecule has 0 aliphatic carbocycles. The fourth-order valence-corrected chi connectivity index (χ4v) is 2.26. The van der Waals surface area contributed by atoms with Crippen molar-refractivity contribution in [3.8, 4) is 5.75 Å². The first-order chi connectivity index (χ1) is 9.26. The maximum absolute atomic E-state index is 5.73. The first-order valence-electron chi connectivity index (χ1n) is 7.79. The number of unbranched alkanes of at least 4 members (excludes halogenated alkanes) is 3. The van der Waals surface area contributed by atoms with Crippen LogP contribution in [0.2, 0.25) is 0 Å². The third kappa shape index (κ3) is 7.22. The third-order valence-corrected chi connectivity index (χ3v) is 3.71. The van der Waals surface area contributed by atoms with Gasteiger partial charge in [-0.3, -0.25) is 0 Å². The van der Waals surface area contributed by atoms with E-state index >= 15 is 0 Å². The summed E-state index contributed by atoms with van der Waals surface area (Å²) in [7, 11) is 0. The molecule has 0 amide bonds. The van der Waals surface area contributed by atoms with Gasteiger partial charge >= 0.3 is 0 Å². The molecule has 0 unspecified atom stereocenters. The van der Waals surface area contributed by atoms with Crippen molar-refractivity contribution in [2.24, 2.45) is 0 Å². The molecule has 108 valence electrons. The molecule has 0 bridgehead atoms. The molecule has 0 aliphatic heterocycles. The molecule has 19 heavy (non-hydrogen) atoms. The quantitative estimate of drug-likeness (QED) is 0.642. The van der Waals surface area contributed by atoms with Crippen molar-refractivity contribution in [1.29, 1.82) is 0 Å². The Morgan fingerprint density at radius 2 is 1.53 bits per heavy atom. The summed E-state index contributed by atoms with van der Waals surface area (Å²) in [5.74, 6) is 0.998. The first kappa shape index (κ1) is 16.0. The molecule has 0 fully saturated rings. The fourth-order valence-electron chi connectivity index (χ4n) is 2.26. The topological polar surface area (TPSA) is 13.7 Å². The first-order valence-corrected chi connectivity index (χ1v) is 7.79. The smallest absolute Gasteiger partial charge is 0.119 e. The second-order valence-electron chi connectivity index (χ2n) is 5.28. The van der Waals surface area contributed by atoms with Crippen LogP contribution in [0.4, 0.5) is 0 Å². The Labute approximate surface area is 118 Å². The van der Waals surface area contributed by atoms with Crippen LogP contribution >= 0.6 is 0 Å². The molecule has 1 aromatic rings. The summed E-state index contributed by atoms with van der Waals surface area (Å²) >= 11 is 0. The number of nitrogens with one attached hydrogen (secondary N) is 1. The molecule has 0 saturated carbocycles. The summed E-state index contributed by atoms with van der Waals surface area (Å²) in [6, 6.07) is 8.31. The molecule has 1 N–H and O–H groups in total. The van der Waals surface area contributed by atoms with Crippen LogP contribution in [0.5, 0.6) is 5.75 Å². The van der Waals surface area contributed by atoms with Gasteiger partial charge in [-0.1, -0.05) is 17.7 Å². The lowest BCUT2D eigenvalue weighted by Crippen LogP contribution is -3.11. The zero-order chi connectivity index (χ0) is 13.9. The standard InChI is InChI=1S/C17H29NO/c1-4-18(5-2)14-8-6-7-9-15-19-17-12-10-16(3)11-13-17/h10-13H,4-9,14-15H2,1-3H3/p+1. The number of benzene rings is 1. The zero-order valence-electron chi connectivity index (χ0n) is 12.9. The van der Waals surface area contributed by atoms with Crippen molar-refractivity contribution in [3.63, 3.8) is 0 Å². The number of hydrogen-bond acceptors (Lipinski definition) is 1. The molecule has 0 aromatic heterocycles. The molecule has 1 aromatic carbocycles. The van der Waals surface area contributed by atoms with Gasteiger partial charge in [0.05, 0.1) is 26.2 Å². The molecule has 1 rings (SSSR count). The van der Waals surface area contributed by atoms with Gasteiger partial charge in [-0.05, 0) is 58.6 Å². The van der Waals surface area contributed by atoms with Gasteiger partial charge in [-0.25, -0.2) is 0 Å². The Morgan fingerprint density at radius 1 is 0.895 bits per heavy atom. The molecular weight excluding hydrogens is 234 g/mol. The van der Waals surface area contributed by atoms with Crippen LogP contribution in [0.1, 0.15) is 45.1 Å². The van der Waals surface area contributed by atoms with E-state index in [0.29, 0.717) is 0 Å². The second-order valence-corrected chi connectivity index (χ2v) is 5.28. The van der Waals surface area contributed by atoms with Gasteiger partial charge < -0.3 is 9.64 Å². The summed E-state index contributed by atoms with van der Waals surface area (Å²) in [4.78, 5) is 1.72. The van der Waals surface area contributed by atoms with E-state index in [9.17, 15) is 0 Å². The molecular formula is C17H30NO+. The fraction of sp³-hybridized carbons (Fsp3) is 0.647. The van der Waals surface area contributed by atoms with Gasteiger partial charge in [0.2, 0.25) is 0 Å². The molecule has 0 radical (unpaired) electrons. The average Bonchev–Trinajstić information content (AvgIpc) is 2.44. The molecule has 2 heteroatoms. The van der Waals surface area contributed by atoms with Gasteiger partial charge in [0.25, 0.3) is 0 Å². The Morgan fingerprint density at radius 3 is 2.16 bits per heavy atom. The van der Waals surface area contributed by atoms with Crippen molar-refractivity contribution in [1.82, 2.24) is 0 Å². The number of ether oxygens (including phenoxy) is 1. The Balaban J connectivity index is 1.98. The Kier molecular flexibility index (Phi) is 8.31. The molecule has 0 spiro atoms. The van der Waals surface area contributed by atoms with Crippen molar-refractivity contribution in [3.05, 3.63) is 29.8 Å². The van der Waals surface area contributed by atoms with Crippen LogP contribution in [0.15, 0.2) is 24.3 Å². The highest BCUT2D eigenvalue weighted by molar-refractivity contribution is 5.26. The monoisotopic (exact) mass is 264 g/mol. The van der Waals surface area contributed by atoms with E-state index in [1.807, 2.05) is 0 Å². The van der Waals surface area contributed by atoms with E-state index in [0.717, 1.165) is 12.4 Å². The van der Waals surface area contributed by atoms with E-state index in [1.54, 1.807) is 4.90 Å². The maximum Gasteiger partial charge on any atom is 0.119 e. The predicted molar refractivity (Wildman–Crippen MR) is 82.1 cm³/mol. The molecule has 2 nitrogen and oxygen atoms in total. The summed E-state index contributed by atoms with van der Waals surface area (Å²) in [6.07, 6.45) is 5.14. The number of quaternary nitrogens is 1. The van der Waals surface area contributed by atoms with E-state index in [1.165, 1.54) is 50.9 Å². The minimum atomic E-state index is 0.848. The van der Waals surface area contributed by atoms with Gasteiger partial charge in [-0.15, -0.1) is 0 Å². The number of rotatable bonds is 10. The van der Waals surface area contributed by atoms with Crippen LogP contribution in [-0.4, -0.2) is 26.2 Å². The second kappa shape index (κ2) is 9.85. The van der Waals surface area contributed by atoms with Gasteiger partial charge in [-0.2, -0.15) is 0 Å². The lowest BCUT2D eigenvalue weighted by atomic mass is 10.2. The predicted octanol–water partition coefficient (Wildman–Crippen LogP) is 2.86. The van der Waals surface area contributed by atoms with E-state index in [4.69, 9.17) is 4.74 Å². The van der Waals surface area contributed by atoms with E-state index in [2.05, 4.69) is 45.0 Å². The van der Waals surface area contributed by atoms with Crippen LogP contribution < -0.4 is 9.64 Å². The molecule has 0 atom stereocenters. The molecule has 0 heterocycles. The van der Waals surface area contributed by atoms with E-state index < -0.39 is 0 Å². The van der Waals surface area contributed by atoms with Crippen molar-refractivity contribution in [2.75, 3.05) is 26.2 Å². The van der Waals surface area contributed by atoms with Crippen LogP contribution in [0.25, 0.3) is 0 Å². The summed E-state index contributed by atoms with van der Waals surface area (Å²) in [5.41, 5.74) is 1.28. The van der Waals surface area contributed by atoms with Crippen molar-refractivity contribution < 1.29 is 9.64 Å². The van der Waals surface area contributed by atoms with Crippen molar-refractivity contribution >= 4 is 0 Å². The highest BCUT2D eigenvalue weighted by Crippen LogP contribution is 2.12. The summed E-state index contributed by atoms with van der Waals surface area (Å²) in [5, 5.41) is 0. The summed E-state index contributed by atoms with van der Waals surface area (Å²) in [6.45, 7) is 11.3. The SMILES string of the molecule is CC[NH+](CC)CCCCCCOc1ccc(C)cc1. The van der Waals surface area contributed by atoms with Gasteiger partial charge in [0.1, 0.15) is 5.75 Å². The normalized spacial score (nSPS) is 10.9. The van der Waals surface area contributed by atoms with E-state index in [-0.39, 0.29) is 0 Å². The van der Waals surface area contributed by atoms with Gasteiger partial charge in [0, 0.05) is 0 Å². The van der Waals surface area contributed by atoms with Crippen molar-refractivity contribution in [2.45, 2.75) is 46.5 Å². The minimum Gasteiger partial charge on any atom is -0.494 e. The van der Waals surface area contributed by atoms with Crippen LogP contribution in [0, 0.1) is 6.92 Å².